The van der Waals surface area contributed by atoms with Crippen LogP contribution >= 0.6 is 0 Å². The lowest BCUT2D eigenvalue weighted by Crippen LogP contribution is -2.37. The summed E-state index contributed by atoms with van der Waals surface area (Å²) in [6.45, 7) is 10.0. The lowest BCUT2D eigenvalue weighted by atomic mass is 9.97. The van der Waals surface area contributed by atoms with Gasteiger partial charge in [-0.2, -0.15) is 0 Å². The quantitative estimate of drug-likeness (QED) is 0.558. The summed E-state index contributed by atoms with van der Waals surface area (Å²) >= 11 is 0. The predicted molar refractivity (Wildman–Crippen MR) is 62.2 cm³/mol. The maximum Gasteiger partial charge on any atom is 0.298 e. The molecule has 0 saturated carbocycles. The van der Waals surface area contributed by atoms with Gasteiger partial charge >= 0.3 is 0 Å². The van der Waals surface area contributed by atoms with E-state index >= 15 is 0 Å². The van der Waals surface area contributed by atoms with E-state index in [4.69, 9.17) is 0 Å². The van der Waals surface area contributed by atoms with Crippen molar-refractivity contribution in [3.63, 3.8) is 0 Å². The Morgan fingerprint density at radius 2 is 1.80 bits per heavy atom. The molecule has 1 rings (SSSR count). The van der Waals surface area contributed by atoms with Crippen LogP contribution in [0.5, 0.6) is 0 Å². The number of hydrogen-bond donors (Lipinski definition) is 0. The van der Waals surface area contributed by atoms with E-state index in [1.807, 2.05) is 25.7 Å². The minimum atomic E-state index is -0.0846. The van der Waals surface area contributed by atoms with E-state index in [1.54, 1.807) is 0 Å². The molecule has 15 heavy (non-hydrogen) atoms. The standard InChI is InChI=1S/C13H21NO/c1-11-6-9-14(10-7-11)12(15)5-8-13(2,3)4/h11H,6-7,9-10H2,1-4H3. The largest absolute Gasteiger partial charge is 0.332 e. The smallest absolute Gasteiger partial charge is 0.298 e. The maximum atomic E-state index is 11.7. The zero-order valence-electron chi connectivity index (χ0n) is 10.3. The topological polar surface area (TPSA) is 20.3 Å². The van der Waals surface area contributed by atoms with Gasteiger partial charge in [-0.15, -0.1) is 0 Å². The average Bonchev–Trinajstić information content (AvgIpc) is 2.14. The summed E-state index contributed by atoms with van der Waals surface area (Å²) in [7, 11) is 0. The van der Waals surface area contributed by atoms with Gasteiger partial charge in [0, 0.05) is 18.5 Å². The lowest BCUT2D eigenvalue weighted by molar-refractivity contribution is -0.126. The van der Waals surface area contributed by atoms with Crippen LogP contribution in [0.25, 0.3) is 0 Å². The van der Waals surface area contributed by atoms with Crippen LogP contribution in [0.3, 0.4) is 0 Å². The highest BCUT2D eigenvalue weighted by Gasteiger charge is 2.19. The molecule has 1 heterocycles. The molecule has 0 aromatic rings. The lowest BCUT2D eigenvalue weighted by Gasteiger charge is -2.28. The fourth-order valence-electron chi connectivity index (χ4n) is 1.53. The third-order valence-electron chi connectivity index (χ3n) is 2.62. The maximum absolute atomic E-state index is 11.7. The highest BCUT2D eigenvalue weighted by atomic mass is 16.2. The van der Waals surface area contributed by atoms with Gasteiger partial charge in [0.2, 0.25) is 0 Å². The third-order valence-corrected chi connectivity index (χ3v) is 2.62. The van der Waals surface area contributed by atoms with E-state index in [0.717, 1.165) is 31.8 Å². The van der Waals surface area contributed by atoms with Gasteiger partial charge in [0.15, 0.2) is 0 Å². The van der Waals surface area contributed by atoms with Gasteiger partial charge in [-0.05, 0) is 45.5 Å². The zero-order valence-corrected chi connectivity index (χ0v) is 10.3. The molecule has 0 bridgehead atoms. The van der Waals surface area contributed by atoms with E-state index in [2.05, 4.69) is 18.8 Å². The Balaban J connectivity index is 2.50. The first-order valence-electron chi connectivity index (χ1n) is 5.70. The molecule has 0 atom stereocenters. The number of carbonyl (C=O) groups is 1. The molecule has 0 aromatic carbocycles. The average molecular weight is 207 g/mol. The molecule has 2 heteroatoms. The first-order chi connectivity index (χ1) is 6.88. The van der Waals surface area contributed by atoms with Crippen LogP contribution in [-0.4, -0.2) is 23.9 Å². The number of hydrogen-bond acceptors (Lipinski definition) is 1. The van der Waals surface area contributed by atoms with E-state index in [0.29, 0.717) is 0 Å². The summed E-state index contributed by atoms with van der Waals surface area (Å²) in [5, 5.41) is 0. The van der Waals surface area contributed by atoms with Crippen molar-refractivity contribution in [2.75, 3.05) is 13.1 Å². The van der Waals surface area contributed by atoms with Crippen LogP contribution in [0.4, 0.5) is 0 Å². The molecule has 1 aliphatic heterocycles. The molecular formula is C13H21NO. The van der Waals surface area contributed by atoms with Crippen molar-refractivity contribution in [2.24, 2.45) is 11.3 Å². The SMILES string of the molecule is CC1CCN(C(=O)C#CC(C)(C)C)CC1. The van der Waals surface area contributed by atoms with Gasteiger partial charge in [0.1, 0.15) is 0 Å². The van der Waals surface area contributed by atoms with Crippen molar-refractivity contribution in [3.05, 3.63) is 0 Å². The molecule has 1 amide bonds. The Morgan fingerprint density at radius 3 is 2.27 bits per heavy atom. The van der Waals surface area contributed by atoms with Crippen LogP contribution < -0.4 is 0 Å². The molecule has 0 aromatic heterocycles. The predicted octanol–water partition coefficient (Wildman–Crippen LogP) is 2.29. The second kappa shape index (κ2) is 4.70. The number of likely N-dealkylation sites (tertiary alicyclic amines) is 1. The normalized spacial score (nSPS) is 18.3. The summed E-state index contributed by atoms with van der Waals surface area (Å²) in [6, 6.07) is 0. The first-order valence-corrected chi connectivity index (χ1v) is 5.70. The molecule has 1 saturated heterocycles. The summed E-state index contributed by atoms with van der Waals surface area (Å²) in [6.07, 6.45) is 2.23. The van der Waals surface area contributed by atoms with Crippen LogP contribution in [-0.2, 0) is 4.79 Å². The van der Waals surface area contributed by atoms with E-state index in [9.17, 15) is 4.79 Å². The van der Waals surface area contributed by atoms with E-state index < -0.39 is 0 Å². The molecule has 2 nitrogen and oxygen atoms in total. The van der Waals surface area contributed by atoms with Crippen molar-refractivity contribution >= 4 is 5.91 Å². The molecule has 1 aliphatic rings. The fourth-order valence-corrected chi connectivity index (χ4v) is 1.53. The number of amides is 1. The molecule has 0 spiro atoms. The highest BCUT2D eigenvalue weighted by Crippen LogP contribution is 2.16. The molecule has 0 aliphatic carbocycles. The molecule has 1 fully saturated rings. The van der Waals surface area contributed by atoms with Gasteiger partial charge < -0.3 is 4.90 Å². The van der Waals surface area contributed by atoms with Gasteiger partial charge in [-0.1, -0.05) is 12.8 Å². The first kappa shape index (κ1) is 12.1. The summed E-state index contributed by atoms with van der Waals surface area (Å²) in [4.78, 5) is 13.6. The number of rotatable bonds is 0. The Labute approximate surface area is 93.0 Å². The number of nitrogens with zero attached hydrogens (tertiary/aromatic N) is 1. The second-order valence-corrected chi connectivity index (χ2v) is 5.47. The highest BCUT2D eigenvalue weighted by molar-refractivity contribution is 5.93. The van der Waals surface area contributed by atoms with Crippen molar-refractivity contribution in [1.82, 2.24) is 4.90 Å². The van der Waals surface area contributed by atoms with Gasteiger partial charge in [-0.3, -0.25) is 4.79 Å². The van der Waals surface area contributed by atoms with E-state index in [-0.39, 0.29) is 11.3 Å². The van der Waals surface area contributed by atoms with Gasteiger partial charge in [0.25, 0.3) is 5.91 Å². The van der Waals surface area contributed by atoms with E-state index in [1.165, 1.54) is 0 Å². The Hall–Kier alpha value is -0.970. The van der Waals surface area contributed by atoms with Crippen molar-refractivity contribution < 1.29 is 4.79 Å². The minimum Gasteiger partial charge on any atom is -0.332 e. The monoisotopic (exact) mass is 207 g/mol. The molecule has 0 radical (unpaired) electrons. The van der Waals surface area contributed by atoms with Crippen molar-refractivity contribution in [3.8, 4) is 11.8 Å². The van der Waals surface area contributed by atoms with Crippen molar-refractivity contribution in [2.45, 2.75) is 40.5 Å². The minimum absolute atomic E-state index is 0.00294. The fraction of sp³-hybridized carbons (Fsp3) is 0.769. The van der Waals surface area contributed by atoms with Crippen LogP contribution in [0, 0.1) is 23.2 Å². The Morgan fingerprint density at radius 1 is 1.27 bits per heavy atom. The molecule has 0 N–H and O–H groups in total. The summed E-state index contributed by atoms with van der Waals surface area (Å²) < 4.78 is 0. The van der Waals surface area contributed by atoms with Crippen LogP contribution in [0.2, 0.25) is 0 Å². The zero-order chi connectivity index (χ0) is 11.5. The molecule has 84 valence electrons. The Bertz CT molecular complexity index is 282. The third kappa shape index (κ3) is 4.38. The van der Waals surface area contributed by atoms with Gasteiger partial charge in [0.05, 0.1) is 0 Å². The van der Waals surface area contributed by atoms with Crippen LogP contribution in [0.15, 0.2) is 0 Å². The number of carbonyl (C=O) groups excluding carboxylic acids is 1. The Kier molecular flexibility index (Phi) is 3.79. The molecular weight excluding hydrogens is 186 g/mol. The second-order valence-electron chi connectivity index (χ2n) is 5.47. The van der Waals surface area contributed by atoms with Gasteiger partial charge in [-0.25, -0.2) is 0 Å². The number of piperidine rings is 1. The molecule has 0 unspecified atom stereocenters. The van der Waals surface area contributed by atoms with Crippen LogP contribution in [0.1, 0.15) is 40.5 Å². The summed E-state index contributed by atoms with van der Waals surface area (Å²) in [5.41, 5.74) is -0.0846. The van der Waals surface area contributed by atoms with Crippen molar-refractivity contribution in [1.29, 1.82) is 0 Å². The summed E-state index contributed by atoms with van der Waals surface area (Å²) in [5.74, 6) is 6.48.